The highest BCUT2D eigenvalue weighted by Crippen LogP contribution is 2.38. The molecule has 1 unspecified atom stereocenters. The molecule has 0 radical (unpaired) electrons. The molecule has 1 atom stereocenters. The van der Waals surface area contributed by atoms with Gasteiger partial charge >= 0.3 is 6.18 Å². The number of halogens is 3. The monoisotopic (exact) mass is 599 g/mol. The molecule has 4 aromatic rings. The Balaban J connectivity index is 0.920. The van der Waals surface area contributed by atoms with E-state index in [-0.39, 0.29) is 5.92 Å². The molecule has 0 amide bonds. The number of Topliss-reactive ketones (excluding diaryl/α,β-unsaturated/α-hetero) is 1. The van der Waals surface area contributed by atoms with Crippen LogP contribution in [0.1, 0.15) is 76.2 Å². The number of benzene rings is 3. The third-order valence-electron chi connectivity index (χ3n) is 10.4. The van der Waals surface area contributed by atoms with Gasteiger partial charge in [0.15, 0.2) is 5.78 Å². The lowest BCUT2D eigenvalue weighted by Crippen LogP contribution is -2.34. The maximum absolute atomic E-state index is 13.3. The number of likely N-dealkylation sites (tertiary alicyclic amines) is 2. The van der Waals surface area contributed by atoms with Crippen LogP contribution in [0.4, 0.5) is 13.2 Å². The molecule has 3 aromatic carbocycles. The van der Waals surface area contributed by atoms with Gasteiger partial charge in [0.05, 0.1) is 5.56 Å². The summed E-state index contributed by atoms with van der Waals surface area (Å²) in [7, 11) is 0. The van der Waals surface area contributed by atoms with Gasteiger partial charge in [0.2, 0.25) is 0 Å². The minimum atomic E-state index is -4.35. The Labute approximate surface area is 257 Å². The van der Waals surface area contributed by atoms with E-state index in [9.17, 15) is 18.0 Å². The first-order valence-electron chi connectivity index (χ1n) is 16.1. The number of carbonyl (C=O) groups is 1. The van der Waals surface area contributed by atoms with Crippen molar-refractivity contribution in [3.63, 3.8) is 0 Å². The molecule has 230 valence electrons. The van der Waals surface area contributed by atoms with Crippen molar-refractivity contribution < 1.29 is 18.0 Å². The first kappa shape index (κ1) is 29.3. The van der Waals surface area contributed by atoms with Crippen LogP contribution >= 0.6 is 0 Å². The quantitative estimate of drug-likeness (QED) is 0.233. The summed E-state index contributed by atoms with van der Waals surface area (Å²) in [5.41, 5.74) is 5.89. The second-order valence-electron chi connectivity index (χ2n) is 13.2. The molecule has 2 aliphatic heterocycles. The molecule has 1 aliphatic carbocycles. The number of nitrogens with one attached hydrogen (secondary N) is 1. The van der Waals surface area contributed by atoms with E-state index in [0.29, 0.717) is 29.6 Å². The van der Waals surface area contributed by atoms with Gasteiger partial charge in [-0.25, -0.2) is 0 Å². The summed E-state index contributed by atoms with van der Waals surface area (Å²) in [6, 6.07) is 21.1. The standard InChI is InChI=1S/C37H40F3N3O/c38-37(39,40)32-7-9-35-34(21-32)31(22-41-35)24-43-16-12-27(13-17-43)28-6-8-33-29(19-28)20-30(36(33)44)18-25-10-14-42(15-11-25)23-26-4-2-1-3-5-26/h1-9,19,21-22,25,27,30,41H,10-18,20,23-24H2. The van der Waals surface area contributed by atoms with Crippen molar-refractivity contribution in [3.05, 3.63) is 106 Å². The number of ketones is 1. The van der Waals surface area contributed by atoms with Gasteiger partial charge in [-0.1, -0.05) is 48.5 Å². The van der Waals surface area contributed by atoms with Gasteiger partial charge < -0.3 is 4.98 Å². The number of alkyl halides is 3. The Bertz CT molecular complexity index is 1610. The van der Waals surface area contributed by atoms with Gasteiger partial charge in [-0.05, 0) is 117 Å². The van der Waals surface area contributed by atoms with E-state index in [1.807, 2.05) is 6.20 Å². The third kappa shape index (κ3) is 6.22. The molecule has 1 aromatic heterocycles. The van der Waals surface area contributed by atoms with E-state index < -0.39 is 11.7 Å². The molecule has 0 bridgehead atoms. The van der Waals surface area contributed by atoms with Crippen LogP contribution in [0.2, 0.25) is 0 Å². The zero-order chi connectivity index (χ0) is 30.3. The number of carbonyl (C=O) groups excluding carboxylic acids is 1. The Hall–Kier alpha value is -3.42. The van der Waals surface area contributed by atoms with Crippen LogP contribution in [0, 0.1) is 11.8 Å². The predicted molar refractivity (Wildman–Crippen MR) is 168 cm³/mol. The first-order chi connectivity index (χ1) is 21.3. The lowest BCUT2D eigenvalue weighted by atomic mass is 9.85. The molecular formula is C37H40F3N3O. The second kappa shape index (κ2) is 12.2. The molecule has 7 heteroatoms. The Morgan fingerprint density at radius 1 is 0.818 bits per heavy atom. The van der Waals surface area contributed by atoms with Gasteiger partial charge in [0.25, 0.3) is 0 Å². The van der Waals surface area contributed by atoms with Crippen molar-refractivity contribution in [3.8, 4) is 0 Å². The predicted octanol–water partition coefficient (Wildman–Crippen LogP) is 8.22. The number of fused-ring (bicyclic) bond motifs is 2. The van der Waals surface area contributed by atoms with Gasteiger partial charge in [0, 0.05) is 41.7 Å². The van der Waals surface area contributed by atoms with Gasteiger partial charge in [-0.2, -0.15) is 13.2 Å². The summed E-state index contributed by atoms with van der Waals surface area (Å²) in [6.45, 7) is 5.65. The summed E-state index contributed by atoms with van der Waals surface area (Å²) in [5.74, 6) is 1.51. The van der Waals surface area contributed by atoms with Crippen LogP contribution < -0.4 is 0 Å². The summed E-state index contributed by atoms with van der Waals surface area (Å²) in [5, 5.41) is 0.650. The SMILES string of the molecule is O=C1c2ccc(C3CCN(Cc4c[nH]c5ccc(C(F)(F)F)cc45)CC3)cc2CC1CC1CCN(Cc2ccccc2)CC1. The Morgan fingerprint density at radius 3 is 2.30 bits per heavy atom. The highest BCUT2D eigenvalue weighted by molar-refractivity contribution is 6.02. The summed E-state index contributed by atoms with van der Waals surface area (Å²) in [4.78, 5) is 21.4. The van der Waals surface area contributed by atoms with E-state index in [1.165, 1.54) is 41.7 Å². The van der Waals surface area contributed by atoms with Crippen molar-refractivity contribution in [2.24, 2.45) is 11.8 Å². The summed E-state index contributed by atoms with van der Waals surface area (Å²) in [6.07, 6.45) is 3.71. The Morgan fingerprint density at radius 2 is 1.55 bits per heavy atom. The van der Waals surface area contributed by atoms with Crippen LogP contribution in [0.15, 0.2) is 72.9 Å². The molecule has 1 N–H and O–H groups in total. The van der Waals surface area contributed by atoms with Gasteiger partial charge in [0.1, 0.15) is 0 Å². The fourth-order valence-electron chi connectivity index (χ4n) is 7.82. The number of aromatic amines is 1. The maximum Gasteiger partial charge on any atom is 0.416 e. The number of hydrogen-bond acceptors (Lipinski definition) is 3. The van der Waals surface area contributed by atoms with Gasteiger partial charge in [-0.15, -0.1) is 0 Å². The molecule has 44 heavy (non-hydrogen) atoms. The van der Waals surface area contributed by atoms with Crippen LogP contribution in [-0.2, 0) is 25.7 Å². The topological polar surface area (TPSA) is 39.3 Å². The fraction of sp³-hybridized carbons (Fsp3) is 0.432. The average Bonchev–Trinajstić information content (AvgIpc) is 3.57. The molecule has 7 rings (SSSR count). The summed E-state index contributed by atoms with van der Waals surface area (Å²) >= 11 is 0. The molecular weight excluding hydrogens is 559 g/mol. The number of nitrogens with zero attached hydrogens (tertiary/aromatic N) is 2. The molecule has 2 saturated heterocycles. The van der Waals surface area contributed by atoms with Crippen molar-refractivity contribution in [2.45, 2.75) is 63.7 Å². The largest absolute Gasteiger partial charge is 0.416 e. The molecule has 3 aliphatic rings. The number of aromatic nitrogens is 1. The van der Waals surface area contributed by atoms with Crippen LogP contribution in [0.25, 0.3) is 10.9 Å². The maximum atomic E-state index is 13.3. The number of hydrogen-bond donors (Lipinski definition) is 1. The zero-order valence-electron chi connectivity index (χ0n) is 25.1. The lowest BCUT2D eigenvalue weighted by molar-refractivity contribution is -0.137. The minimum Gasteiger partial charge on any atom is -0.361 e. The smallest absolute Gasteiger partial charge is 0.361 e. The molecule has 4 nitrogen and oxygen atoms in total. The van der Waals surface area contributed by atoms with E-state index in [0.717, 1.165) is 81.1 Å². The van der Waals surface area contributed by atoms with Crippen LogP contribution in [-0.4, -0.2) is 46.7 Å². The van der Waals surface area contributed by atoms with Crippen molar-refractivity contribution in [1.82, 2.24) is 14.8 Å². The number of rotatable bonds is 7. The van der Waals surface area contributed by atoms with E-state index in [4.69, 9.17) is 0 Å². The fourth-order valence-corrected chi connectivity index (χ4v) is 7.82. The van der Waals surface area contributed by atoms with E-state index in [2.05, 4.69) is 63.3 Å². The van der Waals surface area contributed by atoms with E-state index in [1.54, 1.807) is 0 Å². The van der Waals surface area contributed by atoms with Crippen molar-refractivity contribution in [1.29, 1.82) is 0 Å². The summed E-state index contributed by atoms with van der Waals surface area (Å²) < 4.78 is 39.8. The second-order valence-corrected chi connectivity index (χ2v) is 13.2. The molecule has 0 spiro atoms. The Kier molecular flexibility index (Phi) is 8.10. The van der Waals surface area contributed by atoms with Crippen LogP contribution in [0.5, 0.6) is 0 Å². The average molecular weight is 600 g/mol. The van der Waals surface area contributed by atoms with Crippen molar-refractivity contribution >= 4 is 16.7 Å². The van der Waals surface area contributed by atoms with E-state index >= 15 is 0 Å². The normalized spacial score (nSPS) is 20.9. The minimum absolute atomic E-state index is 0.113. The third-order valence-corrected chi connectivity index (χ3v) is 10.4. The number of H-pyrrole nitrogens is 1. The first-order valence-corrected chi connectivity index (χ1v) is 16.1. The molecule has 2 fully saturated rings. The zero-order valence-corrected chi connectivity index (χ0v) is 25.1. The van der Waals surface area contributed by atoms with Crippen LogP contribution in [0.3, 0.4) is 0 Å². The van der Waals surface area contributed by atoms with Crippen molar-refractivity contribution in [2.75, 3.05) is 26.2 Å². The van der Waals surface area contributed by atoms with Gasteiger partial charge in [-0.3, -0.25) is 14.6 Å². The number of piperidine rings is 2. The molecule has 3 heterocycles. The highest BCUT2D eigenvalue weighted by Gasteiger charge is 2.34. The highest BCUT2D eigenvalue weighted by atomic mass is 19.4. The molecule has 0 saturated carbocycles. The lowest BCUT2D eigenvalue weighted by Gasteiger charge is -2.33.